The van der Waals surface area contributed by atoms with Crippen molar-refractivity contribution in [2.75, 3.05) is 46.5 Å². The van der Waals surface area contributed by atoms with Crippen LogP contribution in [-0.2, 0) is 19.1 Å². The number of nitrogens with zero attached hydrogens (tertiary/aromatic N) is 4. The fraction of sp³-hybridized carbons (Fsp3) is 0.765. The van der Waals surface area contributed by atoms with Crippen molar-refractivity contribution < 1.29 is 23.9 Å². The molecule has 0 aromatic carbocycles. The van der Waals surface area contributed by atoms with Gasteiger partial charge in [-0.1, -0.05) is 19.8 Å². The van der Waals surface area contributed by atoms with E-state index in [0.29, 0.717) is 38.9 Å². The summed E-state index contributed by atoms with van der Waals surface area (Å²) in [4.78, 5) is 46.4. The maximum Gasteiger partial charge on any atom is 0.325 e. The SMILES string of the molecule is CCCCCOC(=O)CN1C(N2CCOCC2)=NC2C1C(=O)NC(=O)N2C. The van der Waals surface area contributed by atoms with Crippen molar-refractivity contribution in [3.05, 3.63) is 0 Å². The van der Waals surface area contributed by atoms with Gasteiger partial charge in [-0.3, -0.25) is 14.9 Å². The predicted molar refractivity (Wildman–Crippen MR) is 95.9 cm³/mol. The summed E-state index contributed by atoms with van der Waals surface area (Å²) in [5.41, 5.74) is 0. The molecule has 2 fully saturated rings. The van der Waals surface area contributed by atoms with Gasteiger partial charge in [0.05, 0.1) is 19.8 Å². The van der Waals surface area contributed by atoms with Gasteiger partial charge in [0.1, 0.15) is 6.54 Å². The Bertz CT molecular complexity index is 619. The molecule has 3 heterocycles. The van der Waals surface area contributed by atoms with Gasteiger partial charge in [0.25, 0.3) is 5.91 Å². The van der Waals surface area contributed by atoms with Crippen molar-refractivity contribution in [3.63, 3.8) is 0 Å². The first-order valence-electron chi connectivity index (χ1n) is 9.43. The lowest BCUT2D eigenvalue weighted by Crippen LogP contribution is -2.65. The van der Waals surface area contributed by atoms with Gasteiger partial charge >= 0.3 is 12.0 Å². The van der Waals surface area contributed by atoms with Crippen LogP contribution < -0.4 is 5.32 Å². The Morgan fingerprint density at radius 1 is 1.30 bits per heavy atom. The van der Waals surface area contributed by atoms with E-state index in [2.05, 4.69) is 17.2 Å². The average Bonchev–Trinajstić information content (AvgIpc) is 3.04. The monoisotopic (exact) mass is 381 g/mol. The normalized spacial score (nSPS) is 25.3. The summed E-state index contributed by atoms with van der Waals surface area (Å²) in [5, 5.41) is 2.32. The van der Waals surface area contributed by atoms with Crippen LogP contribution in [0.1, 0.15) is 26.2 Å². The lowest BCUT2D eigenvalue weighted by molar-refractivity contribution is -0.145. The van der Waals surface area contributed by atoms with E-state index in [4.69, 9.17) is 9.47 Å². The van der Waals surface area contributed by atoms with Crippen LogP contribution in [0.5, 0.6) is 0 Å². The van der Waals surface area contributed by atoms with E-state index < -0.39 is 30.1 Å². The van der Waals surface area contributed by atoms with Gasteiger partial charge in [0, 0.05) is 20.1 Å². The highest BCUT2D eigenvalue weighted by atomic mass is 16.5. The van der Waals surface area contributed by atoms with E-state index in [1.54, 1.807) is 11.9 Å². The number of likely N-dealkylation sites (N-methyl/N-ethyl adjacent to an activating group) is 1. The number of aliphatic imine (C=N–C) groups is 1. The number of fused-ring (bicyclic) bond motifs is 1. The van der Waals surface area contributed by atoms with Gasteiger partial charge in [-0.15, -0.1) is 0 Å². The zero-order valence-electron chi connectivity index (χ0n) is 15.8. The fourth-order valence-electron chi connectivity index (χ4n) is 3.43. The molecule has 2 saturated heterocycles. The molecule has 150 valence electrons. The van der Waals surface area contributed by atoms with Crippen LogP contribution in [0.15, 0.2) is 4.99 Å². The number of carbonyl (C=O) groups excluding carboxylic acids is 3. The number of hydrogen-bond donors (Lipinski definition) is 1. The van der Waals surface area contributed by atoms with Gasteiger partial charge in [-0.2, -0.15) is 0 Å². The molecule has 3 rings (SSSR count). The van der Waals surface area contributed by atoms with Gasteiger partial charge in [0.15, 0.2) is 18.2 Å². The van der Waals surface area contributed by atoms with E-state index in [-0.39, 0.29) is 6.54 Å². The highest BCUT2D eigenvalue weighted by molar-refractivity contribution is 6.04. The summed E-state index contributed by atoms with van der Waals surface area (Å²) in [6.45, 7) is 4.67. The first-order valence-corrected chi connectivity index (χ1v) is 9.43. The maximum absolute atomic E-state index is 12.5. The summed E-state index contributed by atoms with van der Waals surface area (Å²) in [6.07, 6.45) is 2.20. The van der Waals surface area contributed by atoms with Crippen molar-refractivity contribution in [2.24, 2.45) is 4.99 Å². The van der Waals surface area contributed by atoms with Crippen LogP contribution in [-0.4, -0.2) is 97.3 Å². The topological polar surface area (TPSA) is 104 Å². The van der Waals surface area contributed by atoms with E-state index in [0.717, 1.165) is 19.3 Å². The summed E-state index contributed by atoms with van der Waals surface area (Å²) in [6, 6.07) is -1.23. The molecule has 0 aromatic heterocycles. The van der Waals surface area contributed by atoms with Crippen molar-refractivity contribution >= 4 is 23.9 Å². The number of rotatable bonds is 6. The third-order valence-corrected chi connectivity index (χ3v) is 4.94. The minimum atomic E-state index is -0.742. The van der Waals surface area contributed by atoms with Crippen LogP contribution in [0.2, 0.25) is 0 Å². The molecular weight excluding hydrogens is 354 g/mol. The van der Waals surface area contributed by atoms with Crippen LogP contribution in [0.3, 0.4) is 0 Å². The Morgan fingerprint density at radius 2 is 2.04 bits per heavy atom. The van der Waals surface area contributed by atoms with Crippen LogP contribution in [0.25, 0.3) is 0 Å². The summed E-state index contributed by atoms with van der Waals surface area (Å²) < 4.78 is 10.7. The molecule has 2 unspecified atom stereocenters. The van der Waals surface area contributed by atoms with E-state index in [1.807, 2.05) is 4.90 Å². The maximum atomic E-state index is 12.5. The molecule has 0 saturated carbocycles. The largest absolute Gasteiger partial charge is 0.464 e. The van der Waals surface area contributed by atoms with Crippen molar-refractivity contribution in [1.82, 2.24) is 20.0 Å². The number of amides is 3. The number of imide groups is 1. The lowest BCUT2D eigenvalue weighted by atomic mass is 10.1. The molecule has 0 spiro atoms. The molecule has 27 heavy (non-hydrogen) atoms. The minimum absolute atomic E-state index is 0.0844. The van der Waals surface area contributed by atoms with Crippen LogP contribution in [0.4, 0.5) is 4.79 Å². The molecule has 1 N–H and O–H groups in total. The van der Waals surface area contributed by atoms with Crippen LogP contribution >= 0.6 is 0 Å². The quantitative estimate of drug-likeness (QED) is 0.493. The predicted octanol–water partition coefficient (Wildman–Crippen LogP) is -0.400. The second-order valence-electron chi connectivity index (χ2n) is 6.85. The molecule has 10 nitrogen and oxygen atoms in total. The zero-order valence-corrected chi connectivity index (χ0v) is 15.8. The van der Waals surface area contributed by atoms with Crippen molar-refractivity contribution in [2.45, 2.75) is 38.4 Å². The number of urea groups is 1. The Morgan fingerprint density at radius 3 is 2.74 bits per heavy atom. The van der Waals surface area contributed by atoms with Crippen molar-refractivity contribution in [1.29, 1.82) is 0 Å². The Hall–Kier alpha value is -2.36. The molecule has 3 aliphatic rings. The number of hydrogen-bond acceptors (Lipinski definition) is 8. The summed E-state index contributed by atoms with van der Waals surface area (Å²) in [5.74, 6) is -0.315. The molecule has 0 radical (unpaired) electrons. The number of ether oxygens (including phenoxy) is 2. The molecule has 3 aliphatic heterocycles. The van der Waals surface area contributed by atoms with Crippen molar-refractivity contribution in [3.8, 4) is 0 Å². The van der Waals surface area contributed by atoms with Gasteiger partial charge in [-0.05, 0) is 6.42 Å². The molecule has 0 aliphatic carbocycles. The third-order valence-electron chi connectivity index (χ3n) is 4.94. The average molecular weight is 381 g/mol. The minimum Gasteiger partial charge on any atom is -0.464 e. The molecule has 3 amide bonds. The highest BCUT2D eigenvalue weighted by Gasteiger charge is 2.50. The molecule has 0 bridgehead atoms. The van der Waals surface area contributed by atoms with Crippen LogP contribution in [0, 0.1) is 0 Å². The number of unbranched alkanes of at least 4 members (excludes halogenated alkanes) is 2. The number of esters is 1. The first-order chi connectivity index (χ1) is 13.0. The molecule has 0 aromatic rings. The second-order valence-corrected chi connectivity index (χ2v) is 6.85. The lowest BCUT2D eigenvalue weighted by Gasteiger charge is -2.37. The standard InChI is InChI=1S/C17H27N5O5/c1-3-4-5-8-27-12(23)11-22-13-14(20(2)17(25)19-15(13)24)18-16(22)21-6-9-26-10-7-21/h13-14H,3-11H2,1-2H3,(H,19,24,25). The first kappa shape index (κ1) is 19.4. The smallest absolute Gasteiger partial charge is 0.325 e. The zero-order chi connectivity index (χ0) is 19.4. The van der Waals surface area contributed by atoms with E-state index in [9.17, 15) is 14.4 Å². The Kier molecular flexibility index (Phi) is 6.15. The fourth-order valence-corrected chi connectivity index (χ4v) is 3.43. The molecular formula is C17H27N5O5. The number of guanidine groups is 1. The number of morpholine rings is 1. The molecule has 10 heteroatoms. The third kappa shape index (κ3) is 4.15. The van der Waals surface area contributed by atoms with Gasteiger partial charge < -0.3 is 24.2 Å². The summed E-state index contributed by atoms with van der Waals surface area (Å²) >= 11 is 0. The van der Waals surface area contributed by atoms with Gasteiger partial charge in [0.2, 0.25) is 0 Å². The number of carbonyl (C=O) groups is 3. The number of nitrogens with one attached hydrogen (secondary N) is 1. The second kappa shape index (κ2) is 8.55. The van der Waals surface area contributed by atoms with E-state index >= 15 is 0 Å². The summed E-state index contributed by atoms with van der Waals surface area (Å²) in [7, 11) is 1.59. The molecule has 2 atom stereocenters. The van der Waals surface area contributed by atoms with Gasteiger partial charge in [-0.25, -0.2) is 9.79 Å². The Labute approximate surface area is 158 Å². The highest BCUT2D eigenvalue weighted by Crippen LogP contribution is 2.25. The Balaban J connectivity index is 1.75. The van der Waals surface area contributed by atoms with E-state index in [1.165, 1.54) is 4.90 Å².